The van der Waals surface area contributed by atoms with E-state index in [0.717, 1.165) is 28.2 Å². The van der Waals surface area contributed by atoms with Crippen molar-refractivity contribution in [1.82, 2.24) is 19.7 Å². The molecule has 0 aliphatic carbocycles. The van der Waals surface area contributed by atoms with Crippen molar-refractivity contribution >= 4 is 28.4 Å². The van der Waals surface area contributed by atoms with Crippen molar-refractivity contribution in [1.29, 1.82) is 0 Å². The van der Waals surface area contributed by atoms with Crippen molar-refractivity contribution in [2.75, 3.05) is 0 Å². The van der Waals surface area contributed by atoms with Gasteiger partial charge in [-0.3, -0.25) is 4.79 Å². The van der Waals surface area contributed by atoms with Crippen molar-refractivity contribution in [3.05, 3.63) is 42.4 Å². The molecule has 0 radical (unpaired) electrons. The highest BCUT2D eigenvalue weighted by atomic mass is 32.2. The van der Waals surface area contributed by atoms with Gasteiger partial charge in [0.25, 0.3) is 0 Å². The van der Waals surface area contributed by atoms with E-state index >= 15 is 0 Å². The molecule has 0 aliphatic rings. The largest absolute Gasteiger partial charge is 0.360 e. The van der Waals surface area contributed by atoms with E-state index in [1.165, 1.54) is 11.8 Å². The first-order chi connectivity index (χ1) is 10.2. The molecule has 0 saturated carbocycles. The number of aryl methyl sites for hydroxylation is 1. The van der Waals surface area contributed by atoms with Gasteiger partial charge in [-0.15, -0.1) is 10.2 Å². The average molecular weight is 300 g/mol. The van der Waals surface area contributed by atoms with Crippen molar-refractivity contribution in [2.45, 2.75) is 30.8 Å². The summed E-state index contributed by atoms with van der Waals surface area (Å²) in [5.41, 5.74) is 1.71. The van der Waals surface area contributed by atoms with Gasteiger partial charge in [0.2, 0.25) is 0 Å². The zero-order chi connectivity index (χ0) is 14.8. The number of aromatic nitrogens is 4. The summed E-state index contributed by atoms with van der Waals surface area (Å²) in [5, 5.41) is 9.49. The molecule has 0 saturated heterocycles. The number of nitrogens with one attached hydrogen (secondary N) is 1. The number of fused-ring (bicyclic) bond motifs is 1. The Morgan fingerprint density at radius 3 is 3.05 bits per heavy atom. The van der Waals surface area contributed by atoms with Gasteiger partial charge in [-0.2, -0.15) is 0 Å². The highest BCUT2D eigenvalue weighted by Gasteiger charge is 2.21. The maximum Gasteiger partial charge on any atom is 0.191 e. The van der Waals surface area contributed by atoms with Crippen LogP contribution in [-0.4, -0.2) is 30.8 Å². The van der Waals surface area contributed by atoms with E-state index in [1.54, 1.807) is 12.5 Å². The first-order valence-corrected chi connectivity index (χ1v) is 7.73. The lowest BCUT2D eigenvalue weighted by Gasteiger charge is -2.09. The van der Waals surface area contributed by atoms with Gasteiger partial charge in [-0.05, 0) is 19.9 Å². The topological polar surface area (TPSA) is 63.6 Å². The second-order valence-electron chi connectivity index (χ2n) is 4.77. The highest BCUT2D eigenvalue weighted by Crippen LogP contribution is 2.26. The lowest BCUT2D eigenvalue weighted by atomic mass is 10.1. The predicted molar refractivity (Wildman–Crippen MR) is 83.6 cm³/mol. The molecule has 3 rings (SSSR count). The van der Waals surface area contributed by atoms with Crippen molar-refractivity contribution < 1.29 is 4.79 Å². The number of nitrogens with zero attached hydrogens (tertiary/aromatic N) is 3. The van der Waals surface area contributed by atoms with Crippen molar-refractivity contribution in [3.8, 4) is 0 Å². The van der Waals surface area contributed by atoms with Gasteiger partial charge in [-0.25, -0.2) is 0 Å². The molecule has 0 spiro atoms. The second kappa shape index (κ2) is 5.73. The molecule has 0 bridgehead atoms. The van der Waals surface area contributed by atoms with E-state index in [9.17, 15) is 4.79 Å². The number of Topliss-reactive ketones (excluding diaryl/α,β-unsaturated/α-hetero) is 1. The minimum atomic E-state index is -0.210. The van der Waals surface area contributed by atoms with E-state index < -0.39 is 0 Å². The molecule has 0 amide bonds. The first kappa shape index (κ1) is 13.9. The summed E-state index contributed by atoms with van der Waals surface area (Å²) in [7, 11) is 0. The fourth-order valence-electron chi connectivity index (χ4n) is 2.26. The van der Waals surface area contributed by atoms with Gasteiger partial charge in [0.1, 0.15) is 6.33 Å². The molecule has 21 heavy (non-hydrogen) atoms. The zero-order valence-corrected chi connectivity index (χ0v) is 12.7. The van der Waals surface area contributed by atoms with Crippen LogP contribution < -0.4 is 0 Å². The molecule has 5 nitrogen and oxygen atoms in total. The molecule has 3 aromatic rings. The molecule has 2 aromatic heterocycles. The van der Waals surface area contributed by atoms with Crippen LogP contribution in [-0.2, 0) is 6.54 Å². The Hall–Kier alpha value is -2.08. The lowest BCUT2D eigenvalue weighted by molar-refractivity contribution is 0.0995. The van der Waals surface area contributed by atoms with Crippen LogP contribution >= 0.6 is 11.8 Å². The number of carbonyl (C=O) groups is 1. The average Bonchev–Trinajstić information content (AvgIpc) is 3.12. The third-order valence-electron chi connectivity index (χ3n) is 3.43. The number of hydrogen-bond donors (Lipinski definition) is 1. The number of benzene rings is 1. The maximum atomic E-state index is 12.6. The lowest BCUT2D eigenvalue weighted by Crippen LogP contribution is -2.14. The molecular formula is C15H16N4OS. The van der Waals surface area contributed by atoms with Crippen LogP contribution in [0.5, 0.6) is 0 Å². The molecule has 0 unspecified atom stereocenters. The third-order valence-corrected chi connectivity index (χ3v) is 4.52. The van der Waals surface area contributed by atoms with Crippen molar-refractivity contribution in [3.63, 3.8) is 0 Å². The number of hydrogen-bond acceptors (Lipinski definition) is 4. The van der Waals surface area contributed by atoms with E-state index in [4.69, 9.17) is 0 Å². The number of ketones is 1. The van der Waals surface area contributed by atoms with Gasteiger partial charge in [0.15, 0.2) is 10.9 Å². The number of para-hydroxylation sites is 1. The summed E-state index contributed by atoms with van der Waals surface area (Å²) in [6, 6.07) is 7.83. The molecule has 1 aromatic carbocycles. The summed E-state index contributed by atoms with van der Waals surface area (Å²) >= 11 is 1.44. The first-order valence-electron chi connectivity index (χ1n) is 6.85. The second-order valence-corrected chi connectivity index (χ2v) is 6.08. The van der Waals surface area contributed by atoms with Crippen LogP contribution in [0.15, 0.2) is 41.9 Å². The molecule has 1 atom stereocenters. The summed E-state index contributed by atoms with van der Waals surface area (Å²) < 4.78 is 1.93. The van der Waals surface area contributed by atoms with Crippen LogP contribution in [0.25, 0.3) is 10.9 Å². The van der Waals surface area contributed by atoms with Gasteiger partial charge in [0, 0.05) is 29.2 Å². The maximum absolute atomic E-state index is 12.6. The molecule has 1 N–H and O–H groups in total. The summed E-state index contributed by atoms with van der Waals surface area (Å²) in [4.78, 5) is 15.8. The van der Waals surface area contributed by atoms with E-state index in [0.29, 0.717) is 0 Å². The monoisotopic (exact) mass is 300 g/mol. The van der Waals surface area contributed by atoms with Crippen LogP contribution in [0.3, 0.4) is 0 Å². The number of thioether (sulfide) groups is 1. The summed E-state index contributed by atoms with van der Waals surface area (Å²) in [6.07, 6.45) is 3.47. The van der Waals surface area contributed by atoms with Crippen LogP contribution in [0, 0.1) is 0 Å². The van der Waals surface area contributed by atoms with Crippen molar-refractivity contribution in [2.24, 2.45) is 0 Å². The smallest absolute Gasteiger partial charge is 0.191 e. The third kappa shape index (κ3) is 2.58. The zero-order valence-electron chi connectivity index (χ0n) is 11.9. The molecule has 108 valence electrons. The summed E-state index contributed by atoms with van der Waals surface area (Å²) in [5.74, 6) is 0.100. The molecule has 0 aliphatic heterocycles. The van der Waals surface area contributed by atoms with Gasteiger partial charge in [0.05, 0.1) is 5.25 Å². The Morgan fingerprint density at radius 2 is 2.24 bits per heavy atom. The minimum absolute atomic E-state index is 0.100. The number of H-pyrrole nitrogens is 1. The van der Waals surface area contributed by atoms with E-state index in [2.05, 4.69) is 15.2 Å². The van der Waals surface area contributed by atoms with Gasteiger partial charge in [-0.1, -0.05) is 30.0 Å². The summed E-state index contributed by atoms with van der Waals surface area (Å²) in [6.45, 7) is 4.73. The van der Waals surface area contributed by atoms with E-state index in [-0.39, 0.29) is 11.0 Å². The Balaban J connectivity index is 1.84. The molecular weight excluding hydrogens is 284 g/mol. The molecule has 2 heterocycles. The normalized spacial score (nSPS) is 12.7. The Kier molecular flexibility index (Phi) is 3.79. The SMILES string of the molecule is CCn1cnnc1S[C@H](C)C(=O)c1c[nH]c2ccccc12. The van der Waals surface area contributed by atoms with Gasteiger partial charge < -0.3 is 9.55 Å². The minimum Gasteiger partial charge on any atom is -0.360 e. The highest BCUT2D eigenvalue weighted by molar-refractivity contribution is 8.00. The Labute approximate surface area is 126 Å². The standard InChI is InChI=1S/C15H16N4OS/c1-3-19-9-17-18-15(19)21-10(2)14(20)12-8-16-13-7-5-4-6-11(12)13/h4-10,16H,3H2,1-2H3/t10-/m1/s1. The van der Waals surface area contributed by atoms with Crippen LogP contribution in [0.4, 0.5) is 0 Å². The van der Waals surface area contributed by atoms with Crippen LogP contribution in [0.1, 0.15) is 24.2 Å². The number of carbonyl (C=O) groups excluding carboxylic acids is 1. The van der Waals surface area contributed by atoms with Crippen LogP contribution in [0.2, 0.25) is 0 Å². The predicted octanol–water partition coefficient (Wildman–Crippen LogP) is 3.14. The Morgan fingerprint density at radius 1 is 1.43 bits per heavy atom. The molecule has 0 fully saturated rings. The number of aromatic amines is 1. The Bertz CT molecular complexity index is 777. The quantitative estimate of drug-likeness (QED) is 0.581. The number of rotatable bonds is 5. The fraction of sp³-hybridized carbons (Fsp3) is 0.267. The van der Waals surface area contributed by atoms with Gasteiger partial charge >= 0.3 is 0 Å². The molecule has 6 heteroatoms. The fourth-order valence-corrected chi connectivity index (χ4v) is 3.21. The van der Waals surface area contributed by atoms with E-state index in [1.807, 2.05) is 42.7 Å².